The smallest absolute Gasteiger partial charge is 0.231 e. The van der Waals surface area contributed by atoms with Gasteiger partial charge in [-0.05, 0) is 36.9 Å². The molecule has 5 nitrogen and oxygen atoms in total. The molecule has 0 radical (unpaired) electrons. The van der Waals surface area contributed by atoms with Crippen molar-refractivity contribution in [2.24, 2.45) is 7.05 Å². The summed E-state index contributed by atoms with van der Waals surface area (Å²) in [5.74, 6) is 1.03. The molecule has 0 spiro atoms. The van der Waals surface area contributed by atoms with Crippen molar-refractivity contribution in [3.8, 4) is 11.4 Å². The summed E-state index contributed by atoms with van der Waals surface area (Å²) in [6.45, 7) is 4.11. The number of thiophene rings is 1. The van der Waals surface area contributed by atoms with Crippen LogP contribution in [-0.2, 0) is 11.8 Å². The summed E-state index contributed by atoms with van der Waals surface area (Å²) in [4.78, 5) is 13.9. The molecule has 0 aliphatic heterocycles. The Bertz CT molecular complexity index is 1170. The van der Waals surface area contributed by atoms with E-state index < -0.39 is 0 Å². The first-order chi connectivity index (χ1) is 15.0. The minimum absolute atomic E-state index is 0.0379. The third-order valence-electron chi connectivity index (χ3n) is 4.99. The largest absolute Gasteiger partial charge is 0.344 e. The molecule has 0 fully saturated rings. The molecule has 0 aliphatic rings. The predicted octanol–water partition coefficient (Wildman–Crippen LogP) is 5.16. The highest BCUT2D eigenvalue weighted by Crippen LogP contribution is 2.27. The summed E-state index contributed by atoms with van der Waals surface area (Å²) in [6.07, 6.45) is 0. The average molecular weight is 449 g/mol. The summed E-state index contributed by atoms with van der Waals surface area (Å²) in [7, 11) is 1.93. The minimum atomic E-state index is -0.156. The van der Waals surface area contributed by atoms with Crippen molar-refractivity contribution in [3.05, 3.63) is 87.6 Å². The van der Waals surface area contributed by atoms with E-state index in [4.69, 9.17) is 0 Å². The van der Waals surface area contributed by atoms with Gasteiger partial charge < -0.3 is 9.88 Å². The van der Waals surface area contributed by atoms with Gasteiger partial charge >= 0.3 is 0 Å². The monoisotopic (exact) mass is 448 g/mol. The molecule has 1 N–H and O–H groups in total. The maximum Gasteiger partial charge on any atom is 0.231 e. The van der Waals surface area contributed by atoms with E-state index in [1.165, 1.54) is 22.9 Å². The number of hydrogen-bond acceptors (Lipinski definition) is 5. The molecule has 0 aliphatic carbocycles. The maximum atomic E-state index is 12.8. The fourth-order valence-corrected chi connectivity index (χ4v) is 4.87. The Balaban J connectivity index is 1.45. The number of nitrogens with one attached hydrogen (secondary N) is 1. The van der Waals surface area contributed by atoms with Crippen molar-refractivity contribution >= 4 is 29.0 Å². The van der Waals surface area contributed by atoms with Crippen LogP contribution in [0, 0.1) is 13.8 Å². The summed E-state index contributed by atoms with van der Waals surface area (Å²) in [5.41, 5.74) is 4.46. The summed E-state index contributed by atoms with van der Waals surface area (Å²) in [6, 6.07) is 20.4. The summed E-state index contributed by atoms with van der Waals surface area (Å²) in [5, 5.41) is 14.5. The van der Waals surface area contributed by atoms with Crippen molar-refractivity contribution in [1.82, 2.24) is 20.1 Å². The Morgan fingerprint density at radius 3 is 2.58 bits per heavy atom. The lowest BCUT2D eigenvalue weighted by Gasteiger charge is -2.18. The molecule has 1 atom stereocenters. The van der Waals surface area contributed by atoms with Crippen LogP contribution in [0.15, 0.2) is 71.2 Å². The molecular formula is C24H24N4OS2. The van der Waals surface area contributed by atoms with Gasteiger partial charge in [-0.25, -0.2) is 0 Å². The first kappa shape index (κ1) is 21.3. The van der Waals surface area contributed by atoms with E-state index >= 15 is 0 Å². The molecule has 2 aromatic carbocycles. The van der Waals surface area contributed by atoms with Gasteiger partial charge in [0.1, 0.15) is 0 Å². The number of carbonyl (C=O) groups excluding carboxylic acids is 1. The SMILES string of the molecule is Cc1ccc(C(NC(=O)CSc2nnc(-c3cccc(C)c3)n2C)c2cccs2)cc1. The highest BCUT2D eigenvalue weighted by atomic mass is 32.2. The van der Waals surface area contributed by atoms with Crippen LogP contribution < -0.4 is 5.32 Å². The van der Waals surface area contributed by atoms with Crippen molar-refractivity contribution in [2.45, 2.75) is 25.0 Å². The molecule has 158 valence electrons. The molecule has 4 rings (SSSR count). The van der Waals surface area contributed by atoms with E-state index in [0.29, 0.717) is 0 Å². The highest BCUT2D eigenvalue weighted by Gasteiger charge is 2.19. The Kier molecular flexibility index (Phi) is 6.53. The number of benzene rings is 2. The lowest BCUT2D eigenvalue weighted by Crippen LogP contribution is -2.30. The van der Waals surface area contributed by atoms with Crippen LogP contribution in [0.5, 0.6) is 0 Å². The first-order valence-corrected chi connectivity index (χ1v) is 11.9. The fourth-order valence-electron chi connectivity index (χ4n) is 3.34. The quantitative estimate of drug-likeness (QED) is 0.397. The first-order valence-electron chi connectivity index (χ1n) is 10.00. The van der Waals surface area contributed by atoms with Gasteiger partial charge in [0.15, 0.2) is 11.0 Å². The molecule has 2 heterocycles. The van der Waals surface area contributed by atoms with Gasteiger partial charge in [-0.3, -0.25) is 4.79 Å². The Morgan fingerprint density at radius 2 is 1.87 bits per heavy atom. The average Bonchev–Trinajstić information content (AvgIpc) is 3.41. The number of amides is 1. The zero-order chi connectivity index (χ0) is 21.8. The molecule has 31 heavy (non-hydrogen) atoms. The number of rotatable bonds is 7. The van der Waals surface area contributed by atoms with Crippen LogP contribution in [0.4, 0.5) is 0 Å². The molecular weight excluding hydrogens is 424 g/mol. The minimum Gasteiger partial charge on any atom is -0.344 e. The van der Waals surface area contributed by atoms with Crippen molar-refractivity contribution in [3.63, 3.8) is 0 Å². The Hall–Kier alpha value is -2.90. The molecule has 4 aromatic rings. The number of carbonyl (C=O) groups is 1. The van der Waals surface area contributed by atoms with Crippen LogP contribution in [-0.4, -0.2) is 26.4 Å². The topological polar surface area (TPSA) is 59.8 Å². The van der Waals surface area contributed by atoms with Gasteiger partial charge in [0.2, 0.25) is 5.91 Å². The van der Waals surface area contributed by atoms with E-state index in [9.17, 15) is 4.79 Å². The van der Waals surface area contributed by atoms with Gasteiger partial charge in [0, 0.05) is 17.5 Å². The predicted molar refractivity (Wildman–Crippen MR) is 127 cm³/mol. The molecule has 7 heteroatoms. The lowest BCUT2D eigenvalue weighted by atomic mass is 10.0. The zero-order valence-corrected chi connectivity index (χ0v) is 19.3. The van der Waals surface area contributed by atoms with Crippen LogP contribution >= 0.6 is 23.1 Å². The Labute approximate surface area is 190 Å². The molecule has 0 saturated carbocycles. The summed E-state index contributed by atoms with van der Waals surface area (Å²) < 4.78 is 1.93. The van der Waals surface area contributed by atoms with Gasteiger partial charge in [-0.1, -0.05) is 71.4 Å². The molecule has 2 aromatic heterocycles. The highest BCUT2D eigenvalue weighted by molar-refractivity contribution is 7.99. The molecule has 0 saturated heterocycles. The second kappa shape index (κ2) is 9.49. The second-order valence-electron chi connectivity index (χ2n) is 7.45. The van der Waals surface area contributed by atoms with E-state index in [1.807, 2.05) is 35.2 Å². The van der Waals surface area contributed by atoms with Crippen molar-refractivity contribution in [1.29, 1.82) is 0 Å². The number of nitrogens with zero attached hydrogens (tertiary/aromatic N) is 3. The fraction of sp³-hybridized carbons (Fsp3) is 0.208. The maximum absolute atomic E-state index is 12.8. The van der Waals surface area contributed by atoms with Gasteiger partial charge in [-0.15, -0.1) is 21.5 Å². The zero-order valence-electron chi connectivity index (χ0n) is 17.7. The van der Waals surface area contributed by atoms with Crippen molar-refractivity contribution < 1.29 is 4.79 Å². The van der Waals surface area contributed by atoms with Crippen LogP contribution in [0.25, 0.3) is 11.4 Å². The second-order valence-corrected chi connectivity index (χ2v) is 9.37. The number of aromatic nitrogens is 3. The van der Waals surface area contributed by atoms with Crippen LogP contribution in [0.1, 0.15) is 27.6 Å². The number of thioether (sulfide) groups is 1. The lowest BCUT2D eigenvalue weighted by molar-refractivity contribution is -0.119. The standard InChI is InChI=1S/C24H24N4OS2/c1-16-9-11-18(12-10-16)22(20-8-5-13-30-20)25-21(29)15-31-24-27-26-23(28(24)3)19-7-4-6-17(2)14-19/h4-14,22H,15H2,1-3H3,(H,25,29). The molecule has 0 bridgehead atoms. The third-order valence-corrected chi connectivity index (χ3v) is 6.94. The van der Waals surface area contributed by atoms with E-state index in [-0.39, 0.29) is 17.7 Å². The van der Waals surface area contributed by atoms with E-state index in [2.05, 4.69) is 71.8 Å². The number of hydrogen-bond donors (Lipinski definition) is 1. The molecule has 1 unspecified atom stereocenters. The van der Waals surface area contributed by atoms with E-state index in [1.54, 1.807) is 11.3 Å². The van der Waals surface area contributed by atoms with Gasteiger partial charge in [-0.2, -0.15) is 0 Å². The molecule has 1 amide bonds. The van der Waals surface area contributed by atoms with Crippen LogP contribution in [0.3, 0.4) is 0 Å². The van der Waals surface area contributed by atoms with Crippen molar-refractivity contribution in [2.75, 3.05) is 5.75 Å². The van der Waals surface area contributed by atoms with Gasteiger partial charge in [0.05, 0.1) is 11.8 Å². The van der Waals surface area contributed by atoms with Gasteiger partial charge in [0.25, 0.3) is 0 Å². The third kappa shape index (κ3) is 5.06. The van der Waals surface area contributed by atoms with E-state index in [0.717, 1.165) is 27.0 Å². The summed E-state index contributed by atoms with van der Waals surface area (Å²) >= 11 is 3.04. The Morgan fingerprint density at radius 1 is 1.06 bits per heavy atom. The number of aryl methyl sites for hydroxylation is 2. The van der Waals surface area contributed by atoms with Crippen LogP contribution in [0.2, 0.25) is 0 Å². The normalized spacial score (nSPS) is 12.0.